The second-order valence-corrected chi connectivity index (χ2v) is 3.38. The number of hydrogen-bond donors (Lipinski definition) is 4. The zero-order valence-electron chi connectivity index (χ0n) is 8.40. The van der Waals surface area contributed by atoms with Crippen molar-refractivity contribution in [3.63, 3.8) is 0 Å². The predicted molar refractivity (Wildman–Crippen MR) is 55.8 cm³/mol. The minimum atomic E-state index is -1.05. The fraction of sp³-hybridized carbons (Fsp3) is 0.300. The first-order chi connectivity index (χ1) is 6.97. The molecule has 0 saturated heterocycles. The van der Waals surface area contributed by atoms with E-state index in [1.54, 1.807) is 6.92 Å². The highest BCUT2D eigenvalue weighted by Gasteiger charge is 2.15. The Balaban J connectivity index is 3.31. The monoisotopic (exact) mass is 210 g/mol. The van der Waals surface area contributed by atoms with Crippen LogP contribution in [0.25, 0.3) is 0 Å². The fourth-order valence-electron chi connectivity index (χ4n) is 1.34. The first-order valence-corrected chi connectivity index (χ1v) is 4.49. The Bertz CT molecular complexity index is 390. The average Bonchev–Trinajstić information content (AvgIpc) is 2.20. The van der Waals surface area contributed by atoms with Gasteiger partial charge in [-0.15, -0.1) is 0 Å². The van der Waals surface area contributed by atoms with Gasteiger partial charge in [-0.2, -0.15) is 0 Å². The average molecular weight is 210 g/mol. The van der Waals surface area contributed by atoms with Gasteiger partial charge in [-0.25, -0.2) is 4.79 Å². The third kappa shape index (κ3) is 2.26. The number of aromatic carboxylic acids is 1. The highest BCUT2D eigenvalue weighted by atomic mass is 16.4. The summed E-state index contributed by atoms with van der Waals surface area (Å²) in [5.74, 6) is -1.04. The van der Waals surface area contributed by atoms with Crippen LogP contribution in [0.4, 0.5) is 0 Å². The molecule has 0 fully saturated rings. The van der Waals surface area contributed by atoms with E-state index < -0.39 is 12.0 Å². The summed E-state index contributed by atoms with van der Waals surface area (Å²) < 4.78 is 0. The van der Waals surface area contributed by atoms with E-state index in [0.29, 0.717) is 11.1 Å². The number of aromatic hydroxyl groups is 1. The molecule has 1 rings (SSSR count). The van der Waals surface area contributed by atoms with Gasteiger partial charge in [0.15, 0.2) is 0 Å². The third-order valence-electron chi connectivity index (χ3n) is 2.23. The number of carboxylic acid groups (broad SMARTS) is 1. The largest absolute Gasteiger partial charge is 0.507 e. The summed E-state index contributed by atoms with van der Waals surface area (Å²) in [6.45, 7) is 1.77. The Labute approximate surface area is 87.3 Å². The second kappa shape index (κ2) is 4.29. The quantitative estimate of drug-likeness (QED) is 0.575. The van der Waals surface area contributed by atoms with E-state index in [9.17, 15) is 9.90 Å². The van der Waals surface area contributed by atoms with E-state index >= 15 is 0 Å². The number of benzene rings is 1. The first-order valence-electron chi connectivity index (χ1n) is 4.49. The van der Waals surface area contributed by atoms with Crippen molar-refractivity contribution in [2.24, 2.45) is 11.5 Å². The summed E-state index contributed by atoms with van der Waals surface area (Å²) in [4.78, 5) is 10.8. The van der Waals surface area contributed by atoms with Gasteiger partial charge in [-0.3, -0.25) is 0 Å². The van der Waals surface area contributed by atoms with Crippen LogP contribution in [0.15, 0.2) is 12.1 Å². The van der Waals surface area contributed by atoms with Gasteiger partial charge in [-0.05, 0) is 24.6 Å². The number of phenolic OH excluding ortho intramolecular Hbond substituents is 1. The van der Waals surface area contributed by atoms with Crippen LogP contribution in [0.3, 0.4) is 0 Å². The smallest absolute Gasteiger partial charge is 0.335 e. The molecule has 82 valence electrons. The van der Waals surface area contributed by atoms with Crippen LogP contribution in [0, 0.1) is 6.92 Å². The molecular weight excluding hydrogens is 196 g/mol. The van der Waals surface area contributed by atoms with Crippen LogP contribution in [0.1, 0.15) is 27.5 Å². The third-order valence-corrected chi connectivity index (χ3v) is 2.23. The van der Waals surface area contributed by atoms with E-state index in [1.807, 2.05) is 0 Å². The Morgan fingerprint density at radius 1 is 1.53 bits per heavy atom. The lowest BCUT2D eigenvalue weighted by Crippen LogP contribution is -2.21. The zero-order valence-corrected chi connectivity index (χ0v) is 8.40. The maximum Gasteiger partial charge on any atom is 0.335 e. The molecule has 0 radical (unpaired) electrons. The molecule has 0 aliphatic rings. The summed E-state index contributed by atoms with van der Waals surface area (Å²) in [7, 11) is 0. The van der Waals surface area contributed by atoms with E-state index in [0.717, 1.165) is 0 Å². The Hall–Kier alpha value is -1.59. The predicted octanol–water partition coefficient (Wildman–Crippen LogP) is 0.357. The Morgan fingerprint density at radius 2 is 2.13 bits per heavy atom. The van der Waals surface area contributed by atoms with Crippen LogP contribution in [0.2, 0.25) is 0 Å². The molecule has 0 spiro atoms. The molecule has 0 bridgehead atoms. The van der Waals surface area contributed by atoms with Crippen molar-refractivity contribution >= 4 is 5.97 Å². The van der Waals surface area contributed by atoms with Gasteiger partial charge in [0.05, 0.1) is 5.56 Å². The molecule has 1 aromatic rings. The van der Waals surface area contributed by atoms with Crippen molar-refractivity contribution < 1.29 is 15.0 Å². The maximum absolute atomic E-state index is 10.8. The molecule has 0 heterocycles. The number of rotatable bonds is 3. The summed E-state index contributed by atoms with van der Waals surface area (Å²) in [5, 5.41) is 18.5. The second-order valence-electron chi connectivity index (χ2n) is 3.38. The van der Waals surface area contributed by atoms with Crippen LogP contribution >= 0.6 is 0 Å². The molecule has 1 atom stereocenters. The van der Waals surface area contributed by atoms with E-state index in [4.69, 9.17) is 16.6 Å². The summed E-state index contributed by atoms with van der Waals surface area (Å²) in [6, 6.07) is 2.19. The van der Waals surface area contributed by atoms with Gasteiger partial charge in [0.2, 0.25) is 0 Å². The van der Waals surface area contributed by atoms with E-state index in [2.05, 4.69) is 0 Å². The highest BCUT2D eigenvalue weighted by molar-refractivity contribution is 5.88. The topological polar surface area (TPSA) is 110 Å². The SMILES string of the molecule is Cc1cc(C(=O)O)cc([C@H](N)CN)c1O. The number of aryl methyl sites for hydroxylation is 1. The minimum Gasteiger partial charge on any atom is -0.507 e. The number of carbonyl (C=O) groups is 1. The van der Waals surface area contributed by atoms with Crippen LogP contribution in [-0.2, 0) is 0 Å². The summed E-state index contributed by atoms with van der Waals surface area (Å²) >= 11 is 0. The van der Waals surface area contributed by atoms with E-state index in [-0.39, 0.29) is 17.9 Å². The highest BCUT2D eigenvalue weighted by Crippen LogP contribution is 2.27. The molecule has 0 saturated carbocycles. The molecule has 0 amide bonds. The van der Waals surface area contributed by atoms with Crippen molar-refractivity contribution in [3.05, 3.63) is 28.8 Å². The lowest BCUT2D eigenvalue weighted by atomic mass is 9.99. The molecule has 5 nitrogen and oxygen atoms in total. The van der Waals surface area contributed by atoms with Crippen LogP contribution < -0.4 is 11.5 Å². The Morgan fingerprint density at radius 3 is 2.60 bits per heavy atom. The number of phenols is 1. The first kappa shape index (κ1) is 11.5. The van der Waals surface area contributed by atoms with Crippen LogP contribution in [-0.4, -0.2) is 22.7 Å². The number of carboxylic acids is 1. The molecule has 0 aliphatic heterocycles. The van der Waals surface area contributed by atoms with E-state index in [1.165, 1.54) is 12.1 Å². The van der Waals surface area contributed by atoms with Crippen molar-refractivity contribution in [1.29, 1.82) is 0 Å². The lowest BCUT2D eigenvalue weighted by Gasteiger charge is -2.13. The standard InChI is InChI=1S/C10H14N2O3/c1-5-2-6(10(14)15)3-7(9(5)13)8(12)4-11/h2-3,8,13H,4,11-12H2,1H3,(H,14,15)/t8-/m1/s1. The van der Waals surface area contributed by atoms with Gasteiger partial charge >= 0.3 is 5.97 Å². The van der Waals surface area contributed by atoms with Gasteiger partial charge in [0.25, 0.3) is 0 Å². The van der Waals surface area contributed by atoms with Crippen LogP contribution in [0.5, 0.6) is 5.75 Å². The van der Waals surface area contributed by atoms with Crippen molar-refractivity contribution in [3.8, 4) is 5.75 Å². The normalized spacial score (nSPS) is 12.5. The van der Waals surface area contributed by atoms with Crippen molar-refractivity contribution in [2.75, 3.05) is 6.54 Å². The van der Waals surface area contributed by atoms with Crippen molar-refractivity contribution in [1.82, 2.24) is 0 Å². The fourth-order valence-corrected chi connectivity index (χ4v) is 1.34. The van der Waals surface area contributed by atoms with Gasteiger partial charge < -0.3 is 21.7 Å². The molecule has 6 N–H and O–H groups in total. The zero-order chi connectivity index (χ0) is 11.6. The maximum atomic E-state index is 10.8. The molecule has 0 aromatic heterocycles. The number of nitrogens with two attached hydrogens (primary N) is 2. The molecule has 5 heteroatoms. The molecule has 0 unspecified atom stereocenters. The minimum absolute atomic E-state index is 0.0120. The summed E-state index contributed by atoms with van der Waals surface area (Å²) in [6.07, 6.45) is 0. The molecule has 1 aromatic carbocycles. The lowest BCUT2D eigenvalue weighted by molar-refractivity contribution is 0.0696. The van der Waals surface area contributed by atoms with Gasteiger partial charge in [-0.1, -0.05) is 0 Å². The summed E-state index contributed by atoms with van der Waals surface area (Å²) in [5.41, 5.74) is 12.0. The molecule has 15 heavy (non-hydrogen) atoms. The van der Waals surface area contributed by atoms with Crippen molar-refractivity contribution in [2.45, 2.75) is 13.0 Å². The molecule has 0 aliphatic carbocycles. The van der Waals surface area contributed by atoms with Gasteiger partial charge in [0.1, 0.15) is 5.75 Å². The molecular formula is C10H14N2O3. The van der Waals surface area contributed by atoms with Gasteiger partial charge in [0, 0.05) is 18.2 Å². The number of hydrogen-bond acceptors (Lipinski definition) is 4. The Kier molecular flexibility index (Phi) is 3.28.